The number of pyridine rings is 1. The summed E-state index contributed by atoms with van der Waals surface area (Å²) in [6.45, 7) is 2.16. The lowest BCUT2D eigenvalue weighted by Gasteiger charge is -2.30. The van der Waals surface area contributed by atoms with Crippen molar-refractivity contribution in [2.24, 2.45) is 0 Å². The van der Waals surface area contributed by atoms with Gasteiger partial charge in [0.05, 0.1) is 11.1 Å². The number of hydrogen-bond acceptors (Lipinski definition) is 1. The maximum absolute atomic E-state index is 5.14. The van der Waals surface area contributed by atoms with Crippen LogP contribution in [-0.2, 0) is 5.41 Å². The van der Waals surface area contributed by atoms with Gasteiger partial charge in [-0.25, -0.2) is 0 Å². The molecular formula is C49H31N. The van der Waals surface area contributed by atoms with Gasteiger partial charge in [-0.2, -0.15) is 0 Å². The molecule has 0 unspecified atom stereocenters. The molecule has 232 valence electrons. The minimum absolute atomic E-state index is 0.443. The summed E-state index contributed by atoms with van der Waals surface area (Å²) >= 11 is 0. The lowest BCUT2D eigenvalue weighted by atomic mass is 9.70. The van der Waals surface area contributed by atoms with Gasteiger partial charge in [0, 0.05) is 11.8 Å². The normalized spacial score (nSPS) is 13.5. The highest BCUT2D eigenvalue weighted by Crippen LogP contribution is 2.63. The van der Waals surface area contributed by atoms with Crippen LogP contribution in [0, 0.1) is 6.92 Å². The summed E-state index contributed by atoms with van der Waals surface area (Å²) in [6.07, 6.45) is 2.02. The van der Waals surface area contributed by atoms with E-state index < -0.39 is 5.41 Å². The minimum atomic E-state index is -0.443. The smallest absolute Gasteiger partial charge is 0.0753 e. The topological polar surface area (TPSA) is 12.9 Å². The van der Waals surface area contributed by atoms with Crippen LogP contribution in [0.5, 0.6) is 0 Å². The number of rotatable bonds is 2. The minimum Gasteiger partial charge on any atom is -0.256 e. The van der Waals surface area contributed by atoms with Crippen molar-refractivity contribution in [3.8, 4) is 44.6 Å². The third-order valence-electron chi connectivity index (χ3n) is 11.3. The quantitative estimate of drug-likeness (QED) is 0.173. The molecule has 1 spiro atoms. The Hall–Kier alpha value is -6.31. The number of benzene rings is 8. The van der Waals surface area contributed by atoms with Crippen LogP contribution in [-0.4, -0.2) is 4.98 Å². The Morgan fingerprint density at radius 2 is 0.940 bits per heavy atom. The zero-order chi connectivity index (χ0) is 33.0. The molecule has 9 aromatic rings. The van der Waals surface area contributed by atoms with Gasteiger partial charge < -0.3 is 0 Å². The van der Waals surface area contributed by atoms with Gasteiger partial charge in [0.1, 0.15) is 0 Å². The molecule has 0 aliphatic heterocycles. The van der Waals surface area contributed by atoms with E-state index in [2.05, 4.69) is 171 Å². The Morgan fingerprint density at radius 1 is 0.400 bits per heavy atom. The number of aromatic nitrogens is 1. The molecule has 0 atom stereocenters. The fourth-order valence-electron chi connectivity index (χ4n) is 9.42. The van der Waals surface area contributed by atoms with Gasteiger partial charge >= 0.3 is 0 Å². The maximum atomic E-state index is 5.14. The van der Waals surface area contributed by atoms with E-state index in [1.807, 2.05) is 6.20 Å². The van der Waals surface area contributed by atoms with Crippen molar-refractivity contribution in [2.75, 3.05) is 0 Å². The second kappa shape index (κ2) is 10.1. The van der Waals surface area contributed by atoms with Gasteiger partial charge in [0.2, 0.25) is 0 Å². The van der Waals surface area contributed by atoms with E-state index in [1.54, 1.807) is 0 Å². The van der Waals surface area contributed by atoms with Crippen LogP contribution in [0.15, 0.2) is 170 Å². The van der Waals surface area contributed by atoms with E-state index in [1.165, 1.54) is 99.1 Å². The first kappa shape index (κ1) is 27.6. The van der Waals surface area contributed by atoms with Crippen molar-refractivity contribution in [2.45, 2.75) is 12.3 Å². The van der Waals surface area contributed by atoms with Crippen LogP contribution in [0.3, 0.4) is 0 Å². The Morgan fingerprint density at radius 3 is 1.62 bits per heavy atom. The number of fused-ring (bicyclic) bond motifs is 13. The zero-order valence-corrected chi connectivity index (χ0v) is 27.6. The fraction of sp³-hybridized carbons (Fsp3) is 0.0408. The van der Waals surface area contributed by atoms with Crippen LogP contribution in [0.1, 0.15) is 27.8 Å². The Labute approximate surface area is 291 Å². The summed E-state index contributed by atoms with van der Waals surface area (Å²) in [7, 11) is 0. The third-order valence-corrected chi connectivity index (χ3v) is 11.3. The predicted octanol–water partition coefficient (Wildman–Crippen LogP) is 12.5. The van der Waals surface area contributed by atoms with E-state index in [0.717, 1.165) is 5.69 Å². The molecule has 0 saturated carbocycles. The number of aryl methyl sites for hydroxylation is 1. The molecule has 50 heavy (non-hydrogen) atoms. The number of nitrogens with zero attached hydrogens (tertiary/aromatic N) is 1. The van der Waals surface area contributed by atoms with E-state index in [9.17, 15) is 0 Å². The summed E-state index contributed by atoms with van der Waals surface area (Å²) in [5.74, 6) is 0. The Bertz CT molecular complexity index is 2790. The average Bonchev–Trinajstić information content (AvgIpc) is 3.63. The molecule has 0 amide bonds. The molecule has 11 rings (SSSR count). The first-order valence-corrected chi connectivity index (χ1v) is 17.5. The van der Waals surface area contributed by atoms with Crippen molar-refractivity contribution in [3.05, 3.63) is 198 Å². The SMILES string of the molecule is Cc1cnc2c(c1)C1(c3ccccc3-c3ccccc31)c1cc(-c3c4ccccc4c(-c4cccc5ccccc45)c4ccccc34)ccc1-2. The van der Waals surface area contributed by atoms with Gasteiger partial charge in [-0.1, -0.05) is 158 Å². The first-order chi connectivity index (χ1) is 24.7. The molecule has 0 fully saturated rings. The lowest BCUT2D eigenvalue weighted by molar-refractivity contribution is 0.790. The van der Waals surface area contributed by atoms with Gasteiger partial charge in [-0.3, -0.25) is 4.98 Å². The molecular weight excluding hydrogens is 603 g/mol. The highest BCUT2D eigenvalue weighted by molar-refractivity contribution is 6.23. The molecule has 1 heterocycles. The maximum Gasteiger partial charge on any atom is 0.0753 e. The van der Waals surface area contributed by atoms with E-state index in [4.69, 9.17) is 4.98 Å². The zero-order valence-electron chi connectivity index (χ0n) is 27.6. The summed E-state index contributed by atoms with van der Waals surface area (Å²) < 4.78 is 0. The second-order valence-electron chi connectivity index (χ2n) is 13.9. The Kier molecular flexibility index (Phi) is 5.58. The van der Waals surface area contributed by atoms with Crippen LogP contribution in [0.2, 0.25) is 0 Å². The fourth-order valence-corrected chi connectivity index (χ4v) is 9.42. The first-order valence-electron chi connectivity index (χ1n) is 17.5. The van der Waals surface area contributed by atoms with Gasteiger partial charge in [-0.15, -0.1) is 0 Å². The molecule has 2 aliphatic rings. The summed E-state index contributed by atoms with van der Waals surface area (Å²) in [6, 6.07) is 61.0. The molecule has 1 aromatic heterocycles. The monoisotopic (exact) mass is 633 g/mol. The summed E-state index contributed by atoms with van der Waals surface area (Å²) in [5, 5.41) is 7.60. The van der Waals surface area contributed by atoms with Crippen LogP contribution in [0.25, 0.3) is 77.0 Å². The molecule has 1 heteroatoms. The largest absolute Gasteiger partial charge is 0.256 e. The van der Waals surface area contributed by atoms with E-state index in [-0.39, 0.29) is 0 Å². The van der Waals surface area contributed by atoms with Gasteiger partial charge in [-0.05, 0) is 107 Å². The van der Waals surface area contributed by atoms with E-state index >= 15 is 0 Å². The summed E-state index contributed by atoms with van der Waals surface area (Å²) in [5.41, 5.74) is 16.0. The van der Waals surface area contributed by atoms with Crippen molar-refractivity contribution < 1.29 is 0 Å². The summed E-state index contributed by atoms with van der Waals surface area (Å²) in [4.78, 5) is 5.14. The van der Waals surface area contributed by atoms with Crippen molar-refractivity contribution in [1.29, 1.82) is 0 Å². The molecule has 0 N–H and O–H groups in total. The van der Waals surface area contributed by atoms with Gasteiger partial charge in [0.25, 0.3) is 0 Å². The standard InChI is InChI=1S/C49H31N/c1-30-27-45-48(50-29-30)41-26-25-32(28-44(41)49(45)42-23-10-8-16-34(42)35-17-9-11-24-43(35)49)46-37-18-4-6-20-39(37)47(40-21-7-5-19-38(40)46)36-22-12-14-31-13-2-3-15-33(31)36/h2-29H,1H3. The third kappa shape index (κ3) is 3.49. The van der Waals surface area contributed by atoms with Crippen LogP contribution in [0.4, 0.5) is 0 Å². The molecule has 0 saturated heterocycles. The van der Waals surface area contributed by atoms with Crippen molar-refractivity contribution in [3.63, 3.8) is 0 Å². The second-order valence-corrected chi connectivity index (χ2v) is 13.9. The average molecular weight is 634 g/mol. The Balaban J connectivity index is 1.26. The van der Waals surface area contributed by atoms with Crippen molar-refractivity contribution >= 4 is 32.3 Å². The lowest BCUT2D eigenvalue weighted by Crippen LogP contribution is -2.26. The van der Waals surface area contributed by atoms with Crippen LogP contribution >= 0.6 is 0 Å². The van der Waals surface area contributed by atoms with E-state index in [0.29, 0.717) is 0 Å². The van der Waals surface area contributed by atoms with Crippen LogP contribution < -0.4 is 0 Å². The predicted molar refractivity (Wildman–Crippen MR) is 209 cm³/mol. The molecule has 2 aliphatic carbocycles. The molecule has 8 aromatic carbocycles. The molecule has 0 radical (unpaired) electrons. The highest BCUT2D eigenvalue weighted by atomic mass is 14.7. The molecule has 1 nitrogen and oxygen atoms in total. The molecule has 0 bridgehead atoms. The van der Waals surface area contributed by atoms with Crippen molar-refractivity contribution in [1.82, 2.24) is 4.98 Å². The highest BCUT2D eigenvalue weighted by Gasteiger charge is 2.52. The van der Waals surface area contributed by atoms with Gasteiger partial charge in [0.15, 0.2) is 0 Å². The number of hydrogen-bond donors (Lipinski definition) is 0.